The van der Waals surface area contributed by atoms with E-state index in [1.807, 2.05) is 32.9 Å². The minimum atomic E-state index is -0.177. The molecule has 0 aliphatic rings. The molecule has 27 heavy (non-hydrogen) atoms. The number of rotatable bonds is 7. The van der Waals surface area contributed by atoms with E-state index in [9.17, 15) is 9.59 Å². The van der Waals surface area contributed by atoms with E-state index in [1.165, 1.54) is 0 Å². The van der Waals surface area contributed by atoms with Gasteiger partial charge in [0.2, 0.25) is 5.91 Å². The first-order valence-corrected chi connectivity index (χ1v) is 8.80. The van der Waals surface area contributed by atoms with Crippen molar-refractivity contribution in [1.82, 2.24) is 5.32 Å². The van der Waals surface area contributed by atoms with Crippen molar-refractivity contribution >= 4 is 23.2 Å². The lowest BCUT2D eigenvalue weighted by molar-refractivity contribution is -0.114. The molecule has 0 aliphatic heterocycles. The maximum Gasteiger partial charge on any atom is 0.251 e. The lowest BCUT2D eigenvalue weighted by atomic mass is 10.1. The first kappa shape index (κ1) is 20.0. The van der Waals surface area contributed by atoms with E-state index in [2.05, 4.69) is 22.0 Å². The second-order valence-electron chi connectivity index (χ2n) is 6.59. The molecule has 2 aromatic carbocycles. The Bertz CT molecular complexity index is 851. The molecule has 0 fully saturated rings. The van der Waals surface area contributed by atoms with E-state index in [1.54, 1.807) is 30.3 Å². The van der Waals surface area contributed by atoms with Gasteiger partial charge in [0.15, 0.2) is 0 Å². The number of anilines is 2. The Labute approximate surface area is 159 Å². The van der Waals surface area contributed by atoms with Crippen LogP contribution in [0.2, 0.25) is 0 Å². The smallest absolute Gasteiger partial charge is 0.251 e. The molecule has 0 atom stereocenters. The molecule has 0 aliphatic carbocycles. The van der Waals surface area contributed by atoms with Crippen LogP contribution in [-0.2, 0) is 11.2 Å². The zero-order chi connectivity index (χ0) is 19.8. The second-order valence-corrected chi connectivity index (χ2v) is 6.59. The van der Waals surface area contributed by atoms with Gasteiger partial charge in [-0.05, 0) is 62.2 Å². The number of carbonyl (C=O) groups is 2. The van der Waals surface area contributed by atoms with Gasteiger partial charge in [0, 0.05) is 23.0 Å². The largest absolute Gasteiger partial charge is 0.376 e. The highest BCUT2D eigenvalue weighted by atomic mass is 16.2. The summed E-state index contributed by atoms with van der Waals surface area (Å²) in [6.07, 6.45) is 0.347. The highest BCUT2D eigenvalue weighted by Crippen LogP contribution is 2.17. The Morgan fingerprint density at radius 2 is 1.81 bits per heavy atom. The SMILES string of the molecule is Cc1cc(C(=O)NC(C)C)ccc1NCC(=O)Nc1ccc(CC#N)cc1. The molecule has 0 spiro atoms. The van der Waals surface area contributed by atoms with Crippen LogP contribution >= 0.6 is 0 Å². The Morgan fingerprint density at radius 3 is 2.41 bits per heavy atom. The van der Waals surface area contributed by atoms with Crippen molar-refractivity contribution in [2.45, 2.75) is 33.2 Å². The van der Waals surface area contributed by atoms with Gasteiger partial charge in [0.05, 0.1) is 19.0 Å². The van der Waals surface area contributed by atoms with Gasteiger partial charge in [-0.15, -0.1) is 0 Å². The zero-order valence-electron chi connectivity index (χ0n) is 15.8. The molecule has 0 unspecified atom stereocenters. The van der Waals surface area contributed by atoms with E-state index >= 15 is 0 Å². The summed E-state index contributed by atoms with van der Waals surface area (Å²) in [7, 11) is 0. The molecule has 6 heteroatoms. The van der Waals surface area contributed by atoms with Gasteiger partial charge >= 0.3 is 0 Å². The monoisotopic (exact) mass is 364 g/mol. The van der Waals surface area contributed by atoms with Crippen LogP contribution in [0.1, 0.15) is 35.3 Å². The summed E-state index contributed by atoms with van der Waals surface area (Å²) < 4.78 is 0. The van der Waals surface area contributed by atoms with Crippen LogP contribution in [0.25, 0.3) is 0 Å². The lowest BCUT2D eigenvalue weighted by Gasteiger charge is -2.13. The van der Waals surface area contributed by atoms with Crippen molar-refractivity contribution in [3.63, 3.8) is 0 Å². The summed E-state index contributed by atoms with van der Waals surface area (Å²) in [5.41, 5.74) is 3.87. The fraction of sp³-hybridized carbons (Fsp3) is 0.286. The van der Waals surface area contributed by atoms with Gasteiger partial charge in [-0.3, -0.25) is 9.59 Å². The van der Waals surface area contributed by atoms with Crippen LogP contribution in [0.15, 0.2) is 42.5 Å². The number of hydrogen-bond acceptors (Lipinski definition) is 4. The van der Waals surface area contributed by atoms with E-state index in [0.717, 1.165) is 16.8 Å². The minimum Gasteiger partial charge on any atom is -0.376 e. The van der Waals surface area contributed by atoms with Gasteiger partial charge < -0.3 is 16.0 Å². The van der Waals surface area contributed by atoms with Crippen LogP contribution in [0, 0.1) is 18.3 Å². The molecular weight excluding hydrogens is 340 g/mol. The number of benzene rings is 2. The van der Waals surface area contributed by atoms with Gasteiger partial charge in [-0.2, -0.15) is 5.26 Å². The fourth-order valence-electron chi connectivity index (χ4n) is 2.53. The van der Waals surface area contributed by atoms with Crippen molar-refractivity contribution in [3.05, 3.63) is 59.2 Å². The Balaban J connectivity index is 1.91. The molecular formula is C21H24N4O2. The molecule has 0 aromatic heterocycles. The summed E-state index contributed by atoms with van der Waals surface area (Å²) in [5, 5.41) is 17.4. The molecule has 2 amide bonds. The summed E-state index contributed by atoms with van der Waals surface area (Å²) in [4.78, 5) is 24.2. The second kappa shape index (κ2) is 9.39. The number of nitrogens with one attached hydrogen (secondary N) is 3. The van der Waals surface area contributed by atoms with Crippen molar-refractivity contribution < 1.29 is 9.59 Å². The molecule has 0 saturated carbocycles. The van der Waals surface area contributed by atoms with Gasteiger partial charge in [-0.1, -0.05) is 12.1 Å². The van der Waals surface area contributed by atoms with Crippen LogP contribution in [0.5, 0.6) is 0 Å². The maximum absolute atomic E-state index is 12.1. The minimum absolute atomic E-state index is 0.0771. The molecule has 0 radical (unpaired) electrons. The van der Waals surface area contributed by atoms with Crippen molar-refractivity contribution in [2.24, 2.45) is 0 Å². The van der Waals surface area contributed by atoms with Crippen LogP contribution < -0.4 is 16.0 Å². The third kappa shape index (κ3) is 6.15. The molecule has 2 rings (SSSR count). The number of carbonyl (C=O) groups excluding carboxylic acids is 2. The Morgan fingerprint density at radius 1 is 1.11 bits per heavy atom. The topological polar surface area (TPSA) is 94.0 Å². The summed E-state index contributed by atoms with van der Waals surface area (Å²) in [6, 6.07) is 14.7. The van der Waals surface area contributed by atoms with Crippen molar-refractivity contribution in [2.75, 3.05) is 17.2 Å². The highest BCUT2D eigenvalue weighted by molar-refractivity contribution is 5.96. The quantitative estimate of drug-likeness (QED) is 0.703. The molecule has 0 heterocycles. The molecule has 6 nitrogen and oxygen atoms in total. The average molecular weight is 364 g/mol. The highest BCUT2D eigenvalue weighted by Gasteiger charge is 2.09. The first-order valence-electron chi connectivity index (χ1n) is 8.80. The molecule has 3 N–H and O–H groups in total. The summed E-state index contributed by atoms with van der Waals surface area (Å²) >= 11 is 0. The molecule has 140 valence electrons. The van der Waals surface area contributed by atoms with Crippen LogP contribution in [0.3, 0.4) is 0 Å². The standard InChI is InChI=1S/C21H24N4O2/c1-14(2)24-21(27)17-6-9-19(15(3)12-17)23-13-20(26)25-18-7-4-16(5-8-18)10-11-22/h4-9,12,14,23H,10,13H2,1-3H3,(H,24,27)(H,25,26). The van der Waals surface area contributed by atoms with Gasteiger partial charge in [0.25, 0.3) is 5.91 Å². The number of aryl methyl sites for hydroxylation is 1. The van der Waals surface area contributed by atoms with Crippen LogP contribution in [0.4, 0.5) is 11.4 Å². The third-order valence-electron chi connectivity index (χ3n) is 3.87. The predicted molar refractivity (Wildman–Crippen MR) is 107 cm³/mol. The van der Waals surface area contributed by atoms with Crippen LogP contribution in [-0.4, -0.2) is 24.4 Å². The zero-order valence-corrected chi connectivity index (χ0v) is 15.8. The van der Waals surface area contributed by atoms with Gasteiger partial charge in [-0.25, -0.2) is 0 Å². The molecule has 0 bridgehead atoms. The number of nitriles is 1. The molecule has 2 aromatic rings. The van der Waals surface area contributed by atoms with E-state index in [0.29, 0.717) is 17.7 Å². The van der Waals surface area contributed by atoms with E-state index < -0.39 is 0 Å². The van der Waals surface area contributed by atoms with E-state index in [4.69, 9.17) is 5.26 Å². The average Bonchev–Trinajstić information content (AvgIpc) is 2.62. The molecule has 0 saturated heterocycles. The summed E-state index contributed by atoms with van der Waals surface area (Å²) in [6.45, 7) is 5.82. The maximum atomic E-state index is 12.1. The van der Waals surface area contributed by atoms with Crippen molar-refractivity contribution in [3.8, 4) is 6.07 Å². The number of amides is 2. The number of hydrogen-bond donors (Lipinski definition) is 3. The summed E-state index contributed by atoms with van der Waals surface area (Å²) in [5.74, 6) is -0.290. The predicted octanol–water partition coefficient (Wildman–Crippen LogP) is 3.25. The lowest BCUT2D eigenvalue weighted by Crippen LogP contribution is -2.30. The first-order chi connectivity index (χ1) is 12.9. The third-order valence-corrected chi connectivity index (χ3v) is 3.87. The van der Waals surface area contributed by atoms with Gasteiger partial charge in [0.1, 0.15) is 0 Å². The normalized spacial score (nSPS) is 10.2. The van der Waals surface area contributed by atoms with E-state index in [-0.39, 0.29) is 24.4 Å². The van der Waals surface area contributed by atoms with Crippen molar-refractivity contribution in [1.29, 1.82) is 5.26 Å². The Hall–Kier alpha value is -3.33. The Kier molecular flexibility index (Phi) is 6.95. The number of nitrogens with zero attached hydrogens (tertiary/aromatic N) is 1. The fourth-order valence-corrected chi connectivity index (χ4v) is 2.53.